The molecule has 15 heavy (non-hydrogen) atoms. The molecule has 1 aromatic carbocycles. The van der Waals surface area contributed by atoms with E-state index in [4.69, 9.17) is 10.3 Å². The first-order valence-corrected chi connectivity index (χ1v) is 4.73. The summed E-state index contributed by atoms with van der Waals surface area (Å²) in [6.07, 6.45) is 2.45. The molecule has 0 unspecified atom stereocenters. The number of nitrogens with zero attached hydrogens (tertiary/aromatic N) is 1. The van der Waals surface area contributed by atoms with Crippen LogP contribution in [0, 0.1) is 0 Å². The fraction of sp³-hybridized carbons (Fsp3) is 0.0833. The van der Waals surface area contributed by atoms with Crippen molar-refractivity contribution in [1.29, 1.82) is 0 Å². The minimum absolute atomic E-state index is 0.369. The van der Waals surface area contributed by atoms with Gasteiger partial charge in [-0.2, -0.15) is 0 Å². The van der Waals surface area contributed by atoms with Crippen molar-refractivity contribution in [3.8, 4) is 11.3 Å². The van der Waals surface area contributed by atoms with Crippen molar-refractivity contribution >= 4 is 5.88 Å². The maximum Gasteiger partial charge on any atom is 0.226 e. The number of anilines is 1. The Bertz CT molecular complexity index is 460. The Morgan fingerprint density at radius 2 is 2.07 bits per heavy atom. The third kappa shape index (κ3) is 1.76. The van der Waals surface area contributed by atoms with E-state index in [0.717, 1.165) is 16.8 Å². The SMILES string of the molecule is C=CCc1c(-c2ccccc2)noc1N. The van der Waals surface area contributed by atoms with Crippen LogP contribution in [-0.4, -0.2) is 5.16 Å². The van der Waals surface area contributed by atoms with Crippen LogP contribution in [0.1, 0.15) is 5.56 Å². The van der Waals surface area contributed by atoms with Gasteiger partial charge in [-0.25, -0.2) is 0 Å². The Balaban J connectivity index is 2.49. The molecule has 2 N–H and O–H groups in total. The van der Waals surface area contributed by atoms with E-state index in [0.29, 0.717) is 12.3 Å². The molecule has 0 aliphatic carbocycles. The van der Waals surface area contributed by atoms with Crippen molar-refractivity contribution in [3.05, 3.63) is 48.6 Å². The van der Waals surface area contributed by atoms with Gasteiger partial charge < -0.3 is 10.3 Å². The predicted octanol–water partition coefficient (Wildman–Crippen LogP) is 2.65. The molecule has 1 heterocycles. The molecule has 0 saturated heterocycles. The third-order valence-corrected chi connectivity index (χ3v) is 2.21. The van der Waals surface area contributed by atoms with Gasteiger partial charge in [0.25, 0.3) is 0 Å². The van der Waals surface area contributed by atoms with Crippen LogP contribution in [0.25, 0.3) is 11.3 Å². The smallest absolute Gasteiger partial charge is 0.226 e. The predicted molar refractivity (Wildman–Crippen MR) is 60.3 cm³/mol. The van der Waals surface area contributed by atoms with E-state index in [1.165, 1.54) is 0 Å². The standard InChI is InChI=1S/C12H12N2O/c1-2-6-10-11(14-15-12(10)13)9-7-4-3-5-8-9/h2-5,7-8H,1,6,13H2. The molecule has 0 bridgehead atoms. The van der Waals surface area contributed by atoms with E-state index in [-0.39, 0.29) is 0 Å². The molecule has 0 spiro atoms. The van der Waals surface area contributed by atoms with Crippen LogP contribution in [0.2, 0.25) is 0 Å². The summed E-state index contributed by atoms with van der Waals surface area (Å²) in [5, 5.41) is 3.96. The molecule has 0 aliphatic heterocycles. The molecule has 2 aromatic rings. The van der Waals surface area contributed by atoms with E-state index >= 15 is 0 Å². The molecule has 3 nitrogen and oxygen atoms in total. The van der Waals surface area contributed by atoms with Gasteiger partial charge in [-0.15, -0.1) is 6.58 Å². The van der Waals surface area contributed by atoms with Gasteiger partial charge in [0.05, 0.1) is 0 Å². The lowest BCUT2D eigenvalue weighted by atomic mass is 10.1. The molecule has 0 aliphatic rings. The number of nitrogens with two attached hydrogens (primary N) is 1. The number of benzene rings is 1. The van der Waals surface area contributed by atoms with Crippen LogP contribution in [0.3, 0.4) is 0 Å². The van der Waals surface area contributed by atoms with Crippen LogP contribution in [0.15, 0.2) is 47.5 Å². The van der Waals surface area contributed by atoms with Gasteiger partial charge in [0.15, 0.2) is 0 Å². The average Bonchev–Trinajstić information content (AvgIpc) is 2.63. The van der Waals surface area contributed by atoms with E-state index in [1.54, 1.807) is 6.08 Å². The quantitative estimate of drug-likeness (QED) is 0.775. The van der Waals surface area contributed by atoms with Gasteiger partial charge in [-0.1, -0.05) is 41.6 Å². The molecule has 0 saturated carbocycles. The van der Waals surface area contributed by atoms with Crippen LogP contribution >= 0.6 is 0 Å². The monoisotopic (exact) mass is 200 g/mol. The summed E-state index contributed by atoms with van der Waals surface area (Å²) in [5.74, 6) is 0.369. The second-order valence-electron chi connectivity index (χ2n) is 3.23. The summed E-state index contributed by atoms with van der Waals surface area (Å²) in [6, 6.07) is 9.82. The maximum atomic E-state index is 5.69. The van der Waals surface area contributed by atoms with E-state index in [2.05, 4.69) is 11.7 Å². The van der Waals surface area contributed by atoms with Gasteiger partial charge in [0.2, 0.25) is 5.88 Å². The first kappa shape index (κ1) is 9.52. The molecule has 0 fully saturated rings. The summed E-state index contributed by atoms with van der Waals surface area (Å²) in [6.45, 7) is 3.69. The van der Waals surface area contributed by atoms with Crippen molar-refractivity contribution in [2.24, 2.45) is 0 Å². The zero-order chi connectivity index (χ0) is 10.7. The fourth-order valence-electron chi connectivity index (χ4n) is 1.49. The molecule has 2 rings (SSSR count). The van der Waals surface area contributed by atoms with Crippen LogP contribution in [0.5, 0.6) is 0 Å². The van der Waals surface area contributed by atoms with E-state index < -0.39 is 0 Å². The zero-order valence-electron chi connectivity index (χ0n) is 8.31. The van der Waals surface area contributed by atoms with Gasteiger partial charge in [-0.05, 0) is 6.42 Å². The second kappa shape index (κ2) is 4.00. The molecule has 1 aromatic heterocycles. The second-order valence-corrected chi connectivity index (χ2v) is 3.23. The van der Waals surface area contributed by atoms with Crippen molar-refractivity contribution in [2.45, 2.75) is 6.42 Å². The van der Waals surface area contributed by atoms with Gasteiger partial charge >= 0.3 is 0 Å². The molecule has 0 atom stereocenters. The summed E-state index contributed by atoms with van der Waals surface area (Å²) < 4.78 is 4.98. The van der Waals surface area contributed by atoms with Crippen LogP contribution in [0.4, 0.5) is 5.88 Å². The number of hydrogen-bond donors (Lipinski definition) is 1. The number of hydrogen-bond acceptors (Lipinski definition) is 3. The lowest BCUT2D eigenvalue weighted by Crippen LogP contribution is -1.90. The molecular weight excluding hydrogens is 188 g/mol. The number of rotatable bonds is 3. The third-order valence-electron chi connectivity index (χ3n) is 2.21. The molecule has 0 amide bonds. The Kier molecular flexibility index (Phi) is 2.54. The lowest BCUT2D eigenvalue weighted by Gasteiger charge is -1.98. The van der Waals surface area contributed by atoms with Crippen LogP contribution < -0.4 is 5.73 Å². The highest BCUT2D eigenvalue weighted by atomic mass is 16.5. The van der Waals surface area contributed by atoms with Crippen LogP contribution in [-0.2, 0) is 6.42 Å². The fourth-order valence-corrected chi connectivity index (χ4v) is 1.49. The van der Waals surface area contributed by atoms with E-state index in [1.807, 2.05) is 30.3 Å². The summed E-state index contributed by atoms with van der Waals surface area (Å²) in [7, 11) is 0. The Labute approximate surface area is 88.2 Å². The first-order chi connectivity index (χ1) is 7.33. The molecule has 0 radical (unpaired) electrons. The highest BCUT2D eigenvalue weighted by Gasteiger charge is 2.13. The Morgan fingerprint density at radius 1 is 1.33 bits per heavy atom. The summed E-state index contributed by atoms with van der Waals surface area (Å²) in [5.41, 5.74) is 8.40. The van der Waals surface area contributed by atoms with Crippen molar-refractivity contribution in [2.75, 3.05) is 5.73 Å². The molecular formula is C12H12N2O. The highest BCUT2D eigenvalue weighted by molar-refractivity contribution is 5.67. The number of allylic oxidation sites excluding steroid dienone is 1. The largest absolute Gasteiger partial charge is 0.367 e. The van der Waals surface area contributed by atoms with Crippen molar-refractivity contribution < 1.29 is 4.52 Å². The topological polar surface area (TPSA) is 52.0 Å². The lowest BCUT2D eigenvalue weighted by molar-refractivity contribution is 0.438. The van der Waals surface area contributed by atoms with Gasteiger partial charge in [0.1, 0.15) is 5.69 Å². The van der Waals surface area contributed by atoms with Gasteiger partial charge in [0, 0.05) is 11.1 Å². The number of aromatic nitrogens is 1. The number of nitrogen functional groups attached to an aromatic ring is 1. The average molecular weight is 200 g/mol. The minimum Gasteiger partial charge on any atom is -0.367 e. The Hall–Kier alpha value is -2.03. The normalized spacial score (nSPS) is 10.1. The highest BCUT2D eigenvalue weighted by Crippen LogP contribution is 2.27. The zero-order valence-corrected chi connectivity index (χ0v) is 8.31. The van der Waals surface area contributed by atoms with Gasteiger partial charge in [-0.3, -0.25) is 0 Å². The molecule has 3 heteroatoms. The molecule has 76 valence electrons. The van der Waals surface area contributed by atoms with Crippen molar-refractivity contribution in [1.82, 2.24) is 5.16 Å². The summed E-state index contributed by atoms with van der Waals surface area (Å²) in [4.78, 5) is 0. The minimum atomic E-state index is 0.369. The maximum absolute atomic E-state index is 5.69. The van der Waals surface area contributed by atoms with E-state index in [9.17, 15) is 0 Å². The summed E-state index contributed by atoms with van der Waals surface area (Å²) >= 11 is 0. The first-order valence-electron chi connectivity index (χ1n) is 4.73. The Morgan fingerprint density at radius 3 is 2.73 bits per heavy atom. The van der Waals surface area contributed by atoms with Crippen molar-refractivity contribution in [3.63, 3.8) is 0 Å².